The van der Waals surface area contributed by atoms with E-state index in [1.165, 1.54) is 0 Å². The number of imide groups is 1. The zero-order valence-corrected chi connectivity index (χ0v) is 19.3. The van der Waals surface area contributed by atoms with E-state index in [0.29, 0.717) is 12.8 Å². The molecular formula is C24H33N5O5. The van der Waals surface area contributed by atoms with Crippen molar-refractivity contribution in [3.05, 3.63) is 35.9 Å². The molecule has 1 saturated carbocycles. The molecule has 0 spiro atoms. The van der Waals surface area contributed by atoms with Crippen LogP contribution in [-0.4, -0.2) is 71.5 Å². The van der Waals surface area contributed by atoms with Crippen molar-refractivity contribution in [3.8, 4) is 0 Å². The second kappa shape index (κ2) is 10.9. The Morgan fingerprint density at radius 2 is 1.76 bits per heavy atom. The van der Waals surface area contributed by atoms with Gasteiger partial charge >= 0.3 is 12.1 Å². The van der Waals surface area contributed by atoms with Crippen molar-refractivity contribution >= 4 is 23.9 Å². The van der Waals surface area contributed by atoms with Crippen molar-refractivity contribution in [2.45, 2.75) is 63.3 Å². The zero-order valence-electron chi connectivity index (χ0n) is 19.3. The monoisotopic (exact) mass is 471 g/mol. The Morgan fingerprint density at radius 1 is 1.09 bits per heavy atom. The van der Waals surface area contributed by atoms with E-state index < -0.39 is 30.1 Å². The zero-order chi connectivity index (χ0) is 24.1. The summed E-state index contributed by atoms with van der Waals surface area (Å²) in [5, 5.41) is 5.51. The van der Waals surface area contributed by atoms with Crippen LogP contribution < -0.4 is 16.4 Å². The maximum absolute atomic E-state index is 12.9. The average Bonchev–Trinajstić information content (AvgIpc) is 3.53. The lowest BCUT2D eigenvalue weighted by Gasteiger charge is -2.34. The van der Waals surface area contributed by atoms with Crippen LogP contribution in [0.15, 0.2) is 30.3 Å². The third-order valence-corrected chi connectivity index (χ3v) is 7.01. The molecule has 2 atom stereocenters. The van der Waals surface area contributed by atoms with Gasteiger partial charge in [-0.2, -0.15) is 0 Å². The fourth-order valence-corrected chi connectivity index (χ4v) is 4.98. The quantitative estimate of drug-likeness (QED) is 0.573. The maximum Gasteiger partial charge on any atom is 0.419 e. The molecule has 4 rings (SSSR count). The van der Waals surface area contributed by atoms with Crippen molar-refractivity contribution in [1.29, 1.82) is 0 Å². The topological polar surface area (TPSA) is 134 Å². The molecule has 2 saturated heterocycles. The number of amides is 5. The Labute approximate surface area is 199 Å². The number of benzene rings is 1. The first-order chi connectivity index (χ1) is 16.4. The first kappa shape index (κ1) is 24.0. The fourth-order valence-electron chi connectivity index (χ4n) is 4.98. The van der Waals surface area contributed by atoms with Gasteiger partial charge in [0.25, 0.3) is 0 Å². The Bertz CT molecular complexity index is 896. The first-order valence-electron chi connectivity index (χ1n) is 12.1. The minimum absolute atomic E-state index is 0.0121. The average molecular weight is 472 g/mol. The molecule has 10 heteroatoms. The molecule has 1 aromatic rings. The van der Waals surface area contributed by atoms with Gasteiger partial charge in [-0.1, -0.05) is 30.3 Å². The molecule has 184 valence electrons. The lowest BCUT2D eigenvalue weighted by Crippen LogP contribution is -2.52. The molecule has 5 amide bonds. The molecule has 10 nitrogen and oxygen atoms in total. The van der Waals surface area contributed by atoms with Gasteiger partial charge in [-0.3, -0.25) is 9.59 Å². The molecule has 1 aromatic carbocycles. The van der Waals surface area contributed by atoms with Crippen LogP contribution in [0, 0.1) is 5.92 Å². The van der Waals surface area contributed by atoms with Crippen LogP contribution in [-0.2, 0) is 20.9 Å². The number of carbonyl (C=O) groups excluding carboxylic acids is 4. The lowest BCUT2D eigenvalue weighted by atomic mass is 9.81. The summed E-state index contributed by atoms with van der Waals surface area (Å²) in [6.07, 6.45) is 4.11. The van der Waals surface area contributed by atoms with Crippen LogP contribution in [0.1, 0.15) is 44.1 Å². The standard InChI is InChI=1S/C24H33N5O5/c25-20(22(31)28-12-4-5-13-28)17-8-10-18(11-9-17)27-21(30)19-14-26-23(32)29(19)24(33)34-15-16-6-2-1-3-7-16/h1-3,6-7,17-20H,4-5,8-15,25H2,(H,26,32)(H,27,30)/t17?,18?,19-,20-/m0/s1. The summed E-state index contributed by atoms with van der Waals surface area (Å²) < 4.78 is 5.25. The Hall–Kier alpha value is -3.14. The number of nitrogens with one attached hydrogen (secondary N) is 2. The van der Waals surface area contributed by atoms with Crippen molar-refractivity contribution in [1.82, 2.24) is 20.4 Å². The third kappa shape index (κ3) is 5.49. The van der Waals surface area contributed by atoms with E-state index in [-0.39, 0.29) is 31.0 Å². The maximum atomic E-state index is 12.9. The van der Waals surface area contributed by atoms with Gasteiger partial charge in [-0.05, 0) is 50.0 Å². The van der Waals surface area contributed by atoms with Crippen molar-refractivity contribution in [2.75, 3.05) is 19.6 Å². The first-order valence-corrected chi connectivity index (χ1v) is 12.1. The Balaban J connectivity index is 1.26. The van der Waals surface area contributed by atoms with Gasteiger partial charge in [0.15, 0.2) is 0 Å². The summed E-state index contributed by atoms with van der Waals surface area (Å²) in [6.45, 7) is 1.63. The lowest BCUT2D eigenvalue weighted by molar-refractivity contribution is -0.133. The van der Waals surface area contributed by atoms with E-state index in [9.17, 15) is 19.2 Å². The van der Waals surface area contributed by atoms with E-state index in [2.05, 4.69) is 10.6 Å². The number of carbonyl (C=O) groups is 4. The number of urea groups is 1. The highest BCUT2D eigenvalue weighted by Crippen LogP contribution is 2.28. The van der Waals surface area contributed by atoms with Crippen molar-refractivity contribution in [2.24, 2.45) is 11.7 Å². The highest BCUT2D eigenvalue weighted by atomic mass is 16.6. The summed E-state index contributed by atoms with van der Waals surface area (Å²) >= 11 is 0. The molecule has 0 radical (unpaired) electrons. The van der Waals surface area contributed by atoms with Gasteiger partial charge in [-0.25, -0.2) is 14.5 Å². The van der Waals surface area contributed by atoms with E-state index >= 15 is 0 Å². The SMILES string of the molecule is N[C@H](C(=O)N1CCCC1)C1CCC(NC(=O)[C@@H]2CNC(=O)N2C(=O)OCc2ccccc2)CC1. The number of rotatable bonds is 6. The van der Waals surface area contributed by atoms with Gasteiger partial charge in [0, 0.05) is 25.7 Å². The predicted molar refractivity (Wildman–Crippen MR) is 123 cm³/mol. The van der Waals surface area contributed by atoms with Gasteiger partial charge in [-0.15, -0.1) is 0 Å². The molecule has 2 aliphatic heterocycles. The van der Waals surface area contributed by atoms with Gasteiger partial charge < -0.3 is 26.0 Å². The van der Waals surface area contributed by atoms with Gasteiger partial charge in [0.1, 0.15) is 12.6 Å². The number of nitrogens with zero attached hydrogens (tertiary/aromatic N) is 2. The number of hydrogen-bond acceptors (Lipinski definition) is 6. The molecule has 1 aliphatic carbocycles. The molecule has 3 fully saturated rings. The van der Waals surface area contributed by atoms with E-state index in [1.54, 1.807) is 0 Å². The summed E-state index contributed by atoms with van der Waals surface area (Å²) in [4.78, 5) is 52.9. The Kier molecular flexibility index (Phi) is 7.66. The molecule has 0 aromatic heterocycles. The minimum Gasteiger partial charge on any atom is -0.444 e. The molecule has 34 heavy (non-hydrogen) atoms. The number of likely N-dealkylation sites (tertiary alicyclic amines) is 1. The molecule has 0 unspecified atom stereocenters. The molecular weight excluding hydrogens is 438 g/mol. The van der Waals surface area contributed by atoms with Crippen LogP contribution in [0.2, 0.25) is 0 Å². The normalized spacial score (nSPS) is 25.6. The van der Waals surface area contributed by atoms with Crippen LogP contribution in [0.25, 0.3) is 0 Å². The summed E-state index contributed by atoms with van der Waals surface area (Å²) in [7, 11) is 0. The second-order valence-corrected chi connectivity index (χ2v) is 9.29. The number of hydrogen-bond donors (Lipinski definition) is 3. The minimum atomic E-state index is -0.965. The van der Waals surface area contributed by atoms with E-state index in [1.807, 2.05) is 35.2 Å². The van der Waals surface area contributed by atoms with Crippen LogP contribution in [0.5, 0.6) is 0 Å². The van der Waals surface area contributed by atoms with Crippen molar-refractivity contribution in [3.63, 3.8) is 0 Å². The molecule has 0 bridgehead atoms. The molecule has 2 heterocycles. The third-order valence-electron chi connectivity index (χ3n) is 7.01. The highest BCUT2D eigenvalue weighted by molar-refractivity contribution is 6.00. The molecule has 4 N–H and O–H groups in total. The Morgan fingerprint density at radius 3 is 2.44 bits per heavy atom. The predicted octanol–water partition coefficient (Wildman–Crippen LogP) is 1.34. The van der Waals surface area contributed by atoms with E-state index in [0.717, 1.165) is 49.2 Å². The van der Waals surface area contributed by atoms with E-state index in [4.69, 9.17) is 10.5 Å². The molecule has 3 aliphatic rings. The van der Waals surface area contributed by atoms with Crippen LogP contribution in [0.3, 0.4) is 0 Å². The highest BCUT2D eigenvalue weighted by Gasteiger charge is 2.42. The van der Waals surface area contributed by atoms with Crippen LogP contribution >= 0.6 is 0 Å². The van der Waals surface area contributed by atoms with Gasteiger partial charge in [0.2, 0.25) is 11.8 Å². The largest absolute Gasteiger partial charge is 0.444 e. The summed E-state index contributed by atoms with van der Waals surface area (Å²) in [5.74, 6) is -0.262. The smallest absolute Gasteiger partial charge is 0.419 e. The van der Waals surface area contributed by atoms with Crippen molar-refractivity contribution < 1.29 is 23.9 Å². The summed E-state index contributed by atoms with van der Waals surface area (Å²) in [5.41, 5.74) is 7.06. The number of ether oxygens (including phenoxy) is 1. The van der Waals surface area contributed by atoms with Crippen LogP contribution in [0.4, 0.5) is 9.59 Å². The number of nitrogens with two attached hydrogens (primary N) is 1. The van der Waals surface area contributed by atoms with Gasteiger partial charge in [0.05, 0.1) is 6.04 Å². The second-order valence-electron chi connectivity index (χ2n) is 9.29. The fraction of sp³-hybridized carbons (Fsp3) is 0.583. The summed E-state index contributed by atoms with van der Waals surface area (Å²) in [6, 6.07) is 6.92.